The summed E-state index contributed by atoms with van der Waals surface area (Å²) >= 11 is 0. The second-order valence-corrected chi connectivity index (χ2v) is 5.85. The number of hydrogen-bond donors (Lipinski definition) is 1. The summed E-state index contributed by atoms with van der Waals surface area (Å²) in [6.07, 6.45) is 5.36. The van der Waals surface area contributed by atoms with E-state index in [4.69, 9.17) is 5.26 Å². The summed E-state index contributed by atoms with van der Waals surface area (Å²) in [5.74, 6) is -0.270. The molecule has 0 radical (unpaired) electrons. The van der Waals surface area contributed by atoms with Gasteiger partial charge in [0.25, 0.3) is 5.91 Å². The summed E-state index contributed by atoms with van der Waals surface area (Å²) in [6, 6.07) is 14.2. The Morgan fingerprint density at radius 2 is 2.04 bits per heavy atom. The van der Waals surface area contributed by atoms with Gasteiger partial charge in [-0.15, -0.1) is 0 Å². The second kappa shape index (κ2) is 6.18. The van der Waals surface area contributed by atoms with Crippen molar-refractivity contribution in [2.45, 2.75) is 0 Å². The Balaban J connectivity index is 1.67. The van der Waals surface area contributed by atoms with Crippen molar-refractivity contribution in [3.63, 3.8) is 0 Å². The molecule has 2 aromatic carbocycles. The minimum Gasteiger partial charge on any atom is -0.322 e. The van der Waals surface area contributed by atoms with Crippen molar-refractivity contribution >= 4 is 22.5 Å². The Hall–Kier alpha value is -3.92. The summed E-state index contributed by atoms with van der Waals surface area (Å²) < 4.78 is 3.48. The van der Waals surface area contributed by atoms with Crippen molar-refractivity contribution in [2.75, 3.05) is 5.32 Å². The van der Waals surface area contributed by atoms with Crippen LogP contribution in [0.1, 0.15) is 15.9 Å². The first-order valence-electron chi connectivity index (χ1n) is 7.92. The highest BCUT2D eigenvalue weighted by Gasteiger charge is 2.10. The average Bonchev–Trinajstić information content (AvgIpc) is 3.27. The lowest BCUT2D eigenvalue weighted by Crippen LogP contribution is -2.12. The van der Waals surface area contributed by atoms with Gasteiger partial charge in [0.15, 0.2) is 0 Å². The van der Waals surface area contributed by atoms with Crippen LogP contribution < -0.4 is 5.32 Å². The van der Waals surface area contributed by atoms with Crippen molar-refractivity contribution in [2.24, 2.45) is 7.05 Å². The second-order valence-electron chi connectivity index (χ2n) is 5.85. The molecule has 2 heterocycles. The molecule has 4 rings (SSSR count). The minimum absolute atomic E-state index is 0.270. The molecule has 4 aromatic rings. The van der Waals surface area contributed by atoms with E-state index < -0.39 is 0 Å². The quantitative estimate of drug-likeness (QED) is 0.620. The lowest BCUT2D eigenvalue weighted by molar-refractivity contribution is 0.102. The lowest BCUT2D eigenvalue weighted by Gasteiger charge is -2.07. The maximum absolute atomic E-state index is 12.5. The largest absolute Gasteiger partial charge is 0.322 e. The fourth-order valence-corrected chi connectivity index (χ4v) is 2.75. The predicted octanol–water partition coefficient (Wildman–Crippen LogP) is 2.88. The van der Waals surface area contributed by atoms with Crippen LogP contribution in [-0.4, -0.2) is 25.5 Å². The number of hydrogen-bond acceptors (Lipinski definition) is 4. The zero-order valence-corrected chi connectivity index (χ0v) is 13.9. The van der Waals surface area contributed by atoms with Crippen molar-refractivity contribution in [1.29, 1.82) is 5.26 Å². The van der Waals surface area contributed by atoms with Gasteiger partial charge < -0.3 is 5.32 Å². The van der Waals surface area contributed by atoms with Gasteiger partial charge in [-0.1, -0.05) is 6.07 Å². The number of nitriles is 1. The third-order valence-electron chi connectivity index (χ3n) is 4.02. The van der Waals surface area contributed by atoms with Gasteiger partial charge in [-0.25, -0.2) is 4.68 Å². The van der Waals surface area contributed by atoms with Gasteiger partial charge in [-0.2, -0.15) is 15.5 Å². The highest BCUT2D eigenvalue weighted by molar-refractivity contribution is 6.05. The summed E-state index contributed by atoms with van der Waals surface area (Å²) in [6.45, 7) is 0. The summed E-state index contributed by atoms with van der Waals surface area (Å²) in [7, 11) is 1.84. The molecule has 1 N–H and O–H groups in total. The number of amides is 1. The molecule has 0 aliphatic heterocycles. The summed E-state index contributed by atoms with van der Waals surface area (Å²) in [5.41, 5.74) is 3.23. The van der Waals surface area contributed by atoms with Gasteiger partial charge in [0.2, 0.25) is 0 Å². The van der Waals surface area contributed by atoms with E-state index >= 15 is 0 Å². The number of anilines is 1. The van der Waals surface area contributed by atoms with E-state index in [-0.39, 0.29) is 5.91 Å². The molecular weight excluding hydrogens is 328 g/mol. The third kappa shape index (κ3) is 2.80. The molecule has 0 saturated heterocycles. The van der Waals surface area contributed by atoms with Crippen LogP contribution in [0.4, 0.5) is 5.69 Å². The van der Waals surface area contributed by atoms with Gasteiger partial charge in [0.05, 0.1) is 35.7 Å². The standard InChI is InChI=1S/C19H14N6O/c1-24-12-17(11-21-24)25-18-8-16(6-5-15(18)10-22-25)23-19(26)14-4-2-3-13(7-14)9-20/h2-8,10-12H,1H3,(H,23,26). The number of rotatable bonds is 3. The van der Waals surface area contributed by atoms with Gasteiger partial charge in [-0.05, 0) is 36.4 Å². The molecule has 0 fully saturated rings. The van der Waals surface area contributed by atoms with E-state index in [9.17, 15) is 4.79 Å². The Kier molecular flexibility index (Phi) is 3.71. The highest BCUT2D eigenvalue weighted by Crippen LogP contribution is 2.22. The number of carbonyl (C=O) groups excluding carboxylic acids is 1. The SMILES string of the molecule is Cn1cc(-n2ncc3ccc(NC(=O)c4cccc(C#N)c4)cc32)cn1. The maximum atomic E-state index is 12.5. The van der Waals surface area contributed by atoms with Crippen LogP contribution in [0, 0.1) is 11.3 Å². The number of benzene rings is 2. The van der Waals surface area contributed by atoms with Gasteiger partial charge in [-0.3, -0.25) is 9.48 Å². The molecule has 0 aliphatic carbocycles. The Morgan fingerprint density at radius 1 is 1.15 bits per heavy atom. The van der Waals surface area contributed by atoms with Crippen LogP contribution in [0.15, 0.2) is 61.1 Å². The van der Waals surface area contributed by atoms with E-state index in [1.54, 1.807) is 46.0 Å². The molecule has 0 atom stereocenters. The first-order chi connectivity index (χ1) is 12.6. The lowest BCUT2D eigenvalue weighted by atomic mass is 10.1. The van der Waals surface area contributed by atoms with Crippen LogP contribution in [0.5, 0.6) is 0 Å². The minimum atomic E-state index is -0.270. The molecule has 26 heavy (non-hydrogen) atoms. The van der Waals surface area contributed by atoms with Gasteiger partial charge in [0.1, 0.15) is 5.69 Å². The van der Waals surface area contributed by atoms with E-state index in [1.165, 1.54) is 0 Å². The molecule has 2 aromatic heterocycles. The van der Waals surface area contributed by atoms with Crippen molar-refractivity contribution in [3.8, 4) is 11.8 Å². The number of aromatic nitrogens is 4. The van der Waals surface area contributed by atoms with Crippen molar-refractivity contribution in [3.05, 3.63) is 72.2 Å². The monoisotopic (exact) mass is 342 g/mol. The van der Waals surface area contributed by atoms with Crippen LogP contribution in [-0.2, 0) is 7.05 Å². The Bertz CT molecular complexity index is 1160. The highest BCUT2D eigenvalue weighted by atomic mass is 16.1. The number of nitrogens with zero attached hydrogens (tertiary/aromatic N) is 5. The molecular formula is C19H14N6O. The topological polar surface area (TPSA) is 88.5 Å². The van der Waals surface area contributed by atoms with Gasteiger partial charge >= 0.3 is 0 Å². The van der Waals surface area contributed by atoms with Crippen LogP contribution in [0.3, 0.4) is 0 Å². The maximum Gasteiger partial charge on any atom is 0.255 e. The van der Waals surface area contributed by atoms with E-state index in [0.717, 1.165) is 16.6 Å². The van der Waals surface area contributed by atoms with Crippen molar-refractivity contribution < 1.29 is 4.79 Å². The van der Waals surface area contributed by atoms with Crippen molar-refractivity contribution in [1.82, 2.24) is 19.6 Å². The Labute approximate surface area is 149 Å². The van der Waals surface area contributed by atoms with Gasteiger partial charge in [0, 0.05) is 23.7 Å². The number of fused-ring (bicyclic) bond motifs is 1. The normalized spacial score (nSPS) is 10.6. The average molecular weight is 342 g/mol. The van der Waals surface area contributed by atoms with Crippen LogP contribution in [0.25, 0.3) is 16.6 Å². The fourth-order valence-electron chi connectivity index (χ4n) is 2.75. The predicted molar refractivity (Wildman–Crippen MR) is 96.9 cm³/mol. The Morgan fingerprint density at radius 3 is 2.81 bits per heavy atom. The molecule has 0 saturated carbocycles. The molecule has 0 aliphatic rings. The van der Waals surface area contributed by atoms with E-state index in [1.807, 2.05) is 37.5 Å². The molecule has 126 valence electrons. The molecule has 1 amide bonds. The summed E-state index contributed by atoms with van der Waals surface area (Å²) in [4.78, 5) is 12.5. The molecule has 7 heteroatoms. The zero-order valence-electron chi connectivity index (χ0n) is 13.9. The molecule has 7 nitrogen and oxygen atoms in total. The third-order valence-corrected chi connectivity index (χ3v) is 4.02. The molecule has 0 bridgehead atoms. The zero-order chi connectivity index (χ0) is 18.1. The van der Waals surface area contributed by atoms with Crippen LogP contribution in [0.2, 0.25) is 0 Å². The smallest absolute Gasteiger partial charge is 0.255 e. The van der Waals surface area contributed by atoms with Crippen LogP contribution >= 0.6 is 0 Å². The fraction of sp³-hybridized carbons (Fsp3) is 0.0526. The van der Waals surface area contributed by atoms with E-state index in [0.29, 0.717) is 16.8 Å². The first-order valence-corrected chi connectivity index (χ1v) is 7.92. The van der Waals surface area contributed by atoms with E-state index in [2.05, 4.69) is 15.5 Å². The number of carbonyl (C=O) groups is 1. The first kappa shape index (κ1) is 15.6. The number of nitrogens with one attached hydrogen (secondary N) is 1. The number of aryl methyl sites for hydroxylation is 1. The summed E-state index contributed by atoms with van der Waals surface area (Å²) in [5, 5.41) is 21.4. The molecule has 0 spiro atoms. The molecule has 0 unspecified atom stereocenters.